The molecule has 0 atom stereocenters. The van der Waals surface area contributed by atoms with Gasteiger partial charge in [0.15, 0.2) is 0 Å². The van der Waals surface area contributed by atoms with Crippen molar-refractivity contribution in [2.45, 2.75) is 26.2 Å². The molecule has 3 aromatic carbocycles. The molecule has 0 aliphatic carbocycles. The first-order valence-electron chi connectivity index (χ1n) is 8.78. The van der Waals surface area contributed by atoms with Crippen LogP contribution in [0.5, 0.6) is 0 Å². The highest BCUT2D eigenvalue weighted by Gasteiger charge is 2.18. The minimum Gasteiger partial charge on any atom is -0.344 e. The minimum absolute atomic E-state index is 0.157. The van der Waals surface area contributed by atoms with Crippen molar-refractivity contribution in [2.24, 2.45) is 7.05 Å². The van der Waals surface area contributed by atoms with Gasteiger partial charge >= 0.3 is 0 Å². The number of nitrogens with zero attached hydrogens (tertiary/aromatic N) is 1. The third-order valence-corrected chi connectivity index (χ3v) is 6.58. The SMILES string of the molecule is Cn1c2ccc(C(C)(C)C)cc2c2c3sc4ccccc4c3ccc21. The number of rotatable bonds is 0. The molecule has 2 heterocycles. The first kappa shape index (κ1) is 15.0. The van der Waals surface area contributed by atoms with Crippen molar-refractivity contribution < 1.29 is 0 Å². The second-order valence-electron chi connectivity index (χ2n) is 7.98. The summed E-state index contributed by atoms with van der Waals surface area (Å²) in [5.41, 5.74) is 4.18. The summed E-state index contributed by atoms with van der Waals surface area (Å²) in [4.78, 5) is 0. The molecular formula is C23H21NS. The number of hydrogen-bond acceptors (Lipinski definition) is 1. The average Bonchev–Trinajstić information content (AvgIpc) is 3.10. The zero-order valence-corrected chi connectivity index (χ0v) is 15.9. The first-order chi connectivity index (χ1) is 11.9. The van der Waals surface area contributed by atoms with Crippen LogP contribution < -0.4 is 0 Å². The van der Waals surface area contributed by atoms with Gasteiger partial charge in [-0.2, -0.15) is 0 Å². The molecule has 5 aromatic rings. The van der Waals surface area contributed by atoms with Crippen LogP contribution in [0.25, 0.3) is 42.0 Å². The van der Waals surface area contributed by atoms with Crippen molar-refractivity contribution >= 4 is 53.3 Å². The Morgan fingerprint density at radius 1 is 0.800 bits per heavy atom. The van der Waals surface area contributed by atoms with Crippen LogP contribution in [-0.4, -0.2) is 4.57 Å². The van der Waals surface area contributed by atoms with Gasteiger partial charge in [0.25, 0.3) is 0 Å². The normalized spacial score (nSPS) is 12.8. The van der Waals surface area contributed by atoms with E-state index in [0.29, 0.717) is 0 Å². The van der Waals surface area contributed by atoms with Gasteiger partial charge in [-0.15, -0.1) is 11.3 Å². The van der Waals surface area contributed by atoms with Crippen molar-refractivity contribution in [3.8, 4) is 0 Å². The van der Waals surface area contributed by atoms with E-state index in [1.807, 2.05) is 11.3 Å². The third kappa shape index (κ3) is 2.01. The Hall–Kier alpha value is -2.32. The van der Waals surface area contributed by atoms with Gasteiger partial charge in [-0.1, -0.05) is 51.1 Å². The molecule has 25 heavy (non-hydrogen) atoms. The molecule has 0 bridgehead atoms. The summed E-state index contributed by atoms with van der Waals surface area (Å²) in [5.74, 6) is 0. The van der Waals surface area contributed by atoms with Gasteiger partial charge in [-0.25, -0.2) is 0 Å². The predicted octanol–water partition coefficient (Wildman–Crippen LogP) is 7.00. The lowest BCUT2D eigenvalue weighted by Crippen LogP contribution is -2.10. The average molecular weight is 343 g/mol. The fourth-order valence-corrected chi connectivity index (χ4v) is 5.20. The molecule has 1 nitrogen and oxygen atoms in total. The van der Waals surface area contributed by atoms with Crippen molar-refractivity contribution in [1.29, 1.82) is 0 Å². The first-order valence-corrected chi connectivity index (χ1v) is 9.60. The highest BCUT2D eigenvalue weighted by atomic mass is 32.1. The highest BCUT2D eigenvalue weighted by Crippen LogP contribution is 2.42. The van der Waals surface area contributed by atoms with Crippen LogP contribution in [0.1, 0.15) is 26.3 Å². The molecule has 0 unspecified atom stereocenters. The smallest absolute Gasteiger partial charge is 0.0503 e. The number of aryl methyl sites for hydroxylation is 1. The Morgan fingerprint density at radius 3 is 2.36 bits per heavy atom. The number of hydrogen-bond donors (Lipinski definition) is 0. The molecule has 2 heteroatoms. The molecule has 5 rings (SSSR count). The monoisotopic (exact) mass is 343 g/mol. The zero-order chi connectivity index (χ0) is 17.3. The quantitative estimate of drug-likeness (QED) is 0.285. The minimum atomic E-state index is 0.157. The topological polar surface area (TPSA) is 4.93 Å². The Kier molecular flexibility index (Phi) is 2.91. The van der Waals surface area contributed by atoms with Crippen molar-refractivity contribution in [1.82, 2.24) is 4.57 Å². The van der Waals surface area contributed by atoms with Gasteiger partial charge in [-0.3, -0.25) is 0 Å². The van der Waals surface area contributed by atoms with E-state index in [1.165, 1.54) is 47.5 Å². The standard InChI is InChI=1S/C23H21NS/c1-23(2,3)14-9-11-18-17(13-14)21-19(24(18)4)12-10-16-15-7-5-6-8-20(15)25-22(16)21/h5-13H,1-4H3. The van der Waals surface area contributed by atoms with E-state index in [9.17, 15) is 0 Å². The van der Waals surface area contributed by atoms with Crippen molar-refractivity contribution in [3.05, 3.63) is 60.2 Å². The Labute approximate surface area is 151 Å². The van der Waals surface area contributed by atoms with Crippen LogP contribution in [0.3, 0.4) is 0 Å². The van der Waals surface area contributed by atoms with Gasteiger partial charge in [-0.05, 0) is 35.2 Å². The van der Waals surface area contributed by atoms with Gasteiger partial charge in [0, 0.05) is 43.5 Å². The van der Waals surface area contributed by atoms with Crippen LogP contribution in [0.2, 0.25) is 0 Å². The maximum Gasteiger partial charge on any atom is 0.0503 e. The molecule has 0 saturated carbocycles. The van der Waals surface area contributed by atoms with Crippen LogP contribution in [-0.2, 0) is 12.5 Å². The second-order valence-corrected chi connectivity index (χ2v) is 9.03. The largest absolute Gasteiger partial charge is 0.344 e. The van der Waals surface area contributed by atoms with Gasteiger partial charge in [0.1, 0.15) is 0 Å². The second kappa shape index (κ2) is 4.86. The molecule has 0 aliphatic rings. The molecular weight excluding hydrogens is 322 g/mol. The molecule has 0 spiro atoms. The van der Waals surface area contributed by atoms with E-state index in [0.717, 1.165) is 0 Å². The summed E-state index contributed by atoms with van der Waals surface area (Å²) >= 11 is 1.92. The molecule has 0 amide bonds. The summed E-state index contributed by atoms with van der Waals surface area (Å²) < 4.78 is 5.12. The number of thiophene rings is 1. The van der Waals surface area contributed by atoms with E-state index < -0.39 is 0 Å². The fraction of sp³-hybridized carbons (Fsp3) is 0.217. The third-order valence-electron chi connectivity index (χ3n) is 5.38. The zero-order valence-electron chi connectivity index (χ0n) is 15.1. The summed E-state index contributed by atoms with van der Waals surface area (Å²) in [6, 6.07) is 20.3. The molecule has 0 N–H and O–H groups in total. The molecule has 0 radical (unpaired) electrons. The van der Waals surface area contributed by atoms with Crippen LogP contribution in [0.4, 0.5) is 0 Å². The lowest BCUT2D eigenvalue weighted by Gasteiger charge is -2.19. The Morgan fingerprint density at radius 2 is 1.56 bits per heavy atom. The maximum absolute atomic E-state index is 2.40. The van der Waals surface area contributed by atoms with Gasteiger partial charge < -0.3 is 4.57 Å². The molecule has 0 aliphatic heterocycles. The summed E-state index contributed by atoms with van der Waals surface area (Å²) in [6.45, 7) is 6.86. The maximum atomic E-state index is 2.40. The lowest BCUT2D eigenvalue weighted by molar-refractivity contribution is 0.591. The molecule has 0 saturated heterocycles. The lowest BCUT2D eigenvalue weighted by atomic mass is 9.86. The van der Waals surface area contributed by atoms with E-state index in [1.54, 1.807) is 0 Å². The summed E-state index contributed by atoms with van der Waals surface area (Å²) in [5, 5.41) is 5.53. The van der Waals surface area contributed by atoms with Gasteiger partial charge in [0.2, 0.25) is 0 Å². The van der Waals surface area contributed by atoms with Crippen LogP contribution in [0, 0.1) is 0 Å². The molecule has 2 aromatic heterocycles. The Bertz CT molecular complexity index is 1280. The highest BCUT2D eigenvalue weighted by molar-refractivity contribution is 7.26. The fourth-order valence-electron chi connectivity index (χ4n) is 3.94. The van der Waals surface area contributed by atoms with Crippen molar-refractivity contribution in [2.75, 3.05) is 0 Å². The Balaban J connectivity index is 2.03. The number of fused-ring (bicyclic) bond motifs is 7. The van der Waals surface area contributed by atoms with Crippen molar-refractivity contribution in [3.63, 3.8) is 0 Å². The van der Waals surface area contributed by atoms with Crippen LogP contribution in [0.15, 0.2) is 54.6 Å². The predicted molar refractivity (Wildman–Crippen MR) is 112 cm³/mol. The number of benzene rings is 3. The summed E-state index contributed by atoms with van der Waals surface area (Å²) in [7, 11) is 2.18. The van der Waals surface area contributed by atoms with E-state index in [4.69, 9.17) is 0 Å². The number of aromatic nitrogens is 1. The van der Waals surface area contributed by atoms with E-state index in [2.05, 4.69) is 87.0 Å². The summed E-state index contributed by atoms with van der Waals surface area (Å²) in [6.07, 6.45) is 0. The van der Waals surface area contributed by atoms with E-state index in [-0.39, 0.29) is 5.41 Å². The van der Waals surface area contributed by atoms with E-state index >= 15 is 0 Å². The van der Waals surface area contributed by atoms with Gasteiger partial charge in [0.05, 0.1) is 5.52 Å². The molecule has 124 valence electrons. The van der Waals surface area contributed by atoms with Crippen LogP contribution >= 0.6 is 11.3 Å². The molecule has 0 fully saturated rings.